The Labute approximate surface area is 163 Å². The number of halogens is 1. The van der Waals surface area contributed by atoms with Gasteiger partial charge in [0.2, 0.25) is 5.91 Å². The fourth-order valence-corrected chi connectivity index (χ4v) is 3.78. The molecule has 2 heterocycles. The third-order valence-corrected chi connectivity index (χ3v) is 5.56. The fraction of sp³-hybridized carbons (Fsp3) is 0.368. The van der Waals surface area contributed by atoms with E-state index in [0.29, 0.717) is 10.8 Å². The number of pyridine rings is 1. The Morgan fingerprint density at radius 1 is 1.23 bits per heavy atom. The summed E-state index contributed by atoms with van der Waals surface area (Å²) in [4.78, 5) is 21.4. The van der Waals surface area contributed by atoms with Crippen LogP contribution in [0, 0.1) is 0 Å². The van der Waals surface area contributed by atoms with Crippen molar-refractivity contribution in [2.75, 3.05) is 48.7 Å². The van der Waals surface area contributed by atoms with Crippen LogP contribution in [0.4, 0.5) is 11.4 Å². The minimum absolute atomic E-state index is 0.0589. The van der Waals surface area contributed by atoms with Gasteiger partial charge < -0.3 is 15.1 Å². The molecule has 0 aliphatic carbocycles. The highest BCUT2D eigenvalue weighted by Crippen LogP contribution is 2.30. The van der Waals surface area contributed by atoms with Crippen molar-refractivity contribution in [3.8, 4) is 0 Å². The molecule has 1 fully saturated rings. The zero-order chi connectivity index (χ0) is 18.4. The maximum atomic E-state index is 12.4. The van der Waals surface area contributed by atoms with Crippen molar-refractivity contribution < 1.29 is 4.79 Å². The number of benzene rings is 1. The Morgan fingerprint density at radius 3 is 2.73 bits per heavy atom. The molecule has 5 nitrogen and oxygen atoms in total. The molecule has 0 saturated carbocycles. The van der Waals surface area contributed by atoms with Crippen LogP contribution in [0.2, 0.25) is 5.02 Å². The van der Waals surface area contributed by atoms with E-state index < -0.39 is 0 Å². The SMILES string of the molecule is CCN1CCN(c2ccc(Cl)cc2NC(=O)CSc2ccccn2)CC1. The van der Waals surface area contributed by atoms with Crippen molar-refractivity contribution in [2.45, 2.75) is 11.9 Å². The maximum Gasteiger partial charge on any atom is 0.234 e. The van der Waals surface area contributed by atoms with Crippen LogP contribution in [0.3, 0.4) is 0 Å². The van der Waals surface area contributed by atoms with Gasteiger partial charge in [-0.2, -0.15) is 0 Å². The average molecular weight is 391 g/mol. The summed E-state index contributed by atoms with van der Waals surface area (Å²) in [5.74, 6) is 0.253. The first-order chi connectivity index (χ1) is 12.7. The van der Waals surface area contributed by atoms with E-state index in [1.165, 1.54) is 11.8 Å². The van der Waals surface area contributed by atoms with Gasteiger partial charge in [0.1, 0.15) is 0 Å². The third-order valence-electron chi connectivity index (χ3n) is 4.38. The van der Waals surface area contributed by atoms with Gasteiger partial charge in [-0.3, -0.25) is 4.79 Å². The summed E-state index contributed by atoms with van der Waals surface area (Å²) in [6.07, 6.45) is 1.73. The number of piperazine rings is 1. The Hall–Kier alpha value is -1.76. The molecule has 0 spiro atoms. The molecule has 7 heteroatoms. The number of amides is 1. The number of rotatable bonds is 6. The molecule has 1 saturated heterocycles. The molecule has 0 radical (unpaired) electrons. The van der Waals surface area contributed by atoms with Crippen molar-refractivity contribution in [1.29, 1.82) is 0 Å². The summed E-state index contributed by atoms with van der Waals surface area (Å²) < 4.78 is 0. The van der Waals surface area contributed by atoms with Crippen LogP contribution in [-0.2, 0) is 4.79 Å². The molecule has 138 valence electrons. The van der Waals surface area contributed by atoms with Gasteiger partial charge in [-0.1, -0.05) is 36.4 Å². The summed E-state index contributed by atoms with van der Waals surface area (Å²) in [7, 11) is 0. The Morgan fingerprint density at radius 2 is 2.04 bits per heavy atom. The predicted octanol–water partition coefficient (Wildman–Crippen LogP) is 3.61. The topological polar surface area (TPSA) is 48.5 Å². The van der Waals surface area contributed by atoms with Gasteiger partial charge in [-0.05, 0) is 36.9 Å². The lowest BCUT2D eigenvalue weighted by atomic mass is 10.2. The van der Waals surface area contributed by atoms with E-state index in [9.17, 15) is 4.79 Å². The second kappa shape index (κ2) is 9.26. The number of nitrogens with one attached hydrogen (secondary N) is 1. The molecule has 3 rings (SSSR count). The quantitative estimate of drug-likeness (QED) is 0.763. The van der Waals surface area contributed by atoms with E-state index in [2.05, 4.69) is 27.0 Å². The molecule has 1 aromatic heterocycles. The number of likely N-dealkylation sites (N-methyl/N-ethyl adjacent to an activating group) is 1. The fourth-order valence-electron chi connectivity index (χ4n) is 2.95. The van der Waals surface area contributed by atoms with Gasteiger partial charge in [0, 0.05) is 37.4 Å². The molecule has 0 bridgehead atoms. The molecule has 1 aromatic carbocycles. The van der Waals surface area contributed by atoms with Gasteiger partial charge in [0.15, 0.2) is 0 Å². The van der Waals surface area contributed by atoms with E-state index in [1.54, 1.807) is 6.20 Å². The molecule has 0 unspecified atom stereocenters. The van der Waals surface area contributed by atoms with Crippen molar-refractivity contribution in [3.05, 3.63) is 47.6 Å². The smallest absolute Gasteiger partial charge is 0.234 e. The van der Waals surface area contributed by atoms with Gasteiger partial charge >= 0.3 is 0 Å². The summed E-state index contributed by atoms with van der Waals surface area (Å²) in [6, 6.07) is 11.4. The average Bonchev–Trinajstić information content (AvgIpc) is 2.67. The molecule has 0 atom stereocenters. The van der Waals surface area contributed by atoms with Gasteiger partial charge in [0.05, 0.1) is 22.2 Å². The molecule has 1 aliphatic rings. The van der Waals surface area contributed by atoms with Crippen LogP contribution in [0.1, 0.15) is 6.92 Å². The second-order valence-electron chi connectivity index (χ2n) is 6.09. The van der Waals surface area contributed by atoms with E-state index >= 15 is 0 Å². The number of hydrogen-bond donors (Lipinski definition) is 1. The lowest BCUT2D eigenvalue weighted by Crippen LogP contribution is -2.46. The predicted molar refractivity (Wildman–Crippen MR) is 109 cm³/mol. The Kier molecular flexibility index (Phi) is 6.77. The van der Waals surface area contributed by atoms with Crippen LogP contribution in [0.5, 0.6) is 0 Å². The molecular formula is C19H23ClN4OS. The minimum Gasteiger partial charge on any atom is -0.367 e. The Bertz CT molecular complexity index is 736. The normalized spacial score (nSPS) is 15.1. The van der Waals surface area contributed by atoms with Crippen LogP contribution >= 0.6 is 23.4 Å². The van der Waals surface area contributed by atoms with Crippen molar-refractivity contribution in [3.63, 3.8) is 0 Å². The standard InChI is InChI=1S/C19H23ClN4OS/c1-2-23-9-11-24(12-10-23)17-7-6-15(20)13-16(17)22-18(25)14-26-19-5-3-4-8-21-19/h3-8,13H,2,9-12,14H2,1H3,(H,22,25). The summed E-state index contributed by atoms with van der Waals surface area (Å²) in [5.41, 5.74) is 1.80. The number of anilines is 2. The van der Waals surface area contributed by atoms with E-state index in [1.807, 2.05) is 36.4 Å². The zero-order valence-corrected chi connectivity index (χ0v) is 16.4. The van der Waals surface area contributed by atoms with E-state index in [-0.39, 0.29) is 5.91 Å². The van der Waals surface area contributed by atoms with Gasteiger partial charge in [0.25, 0.3) is 0 Å². The lowest BCUT2D eigenvalue weighted by Gasteiger charge is -2.36. The highest BCUT2D eigenvalue weighted by Gasteiger charge is 2.19. The highest BCUT2D eigenvalue weighted by molar-refractivity contribution is 7.99. The van der Waals surface area contributed by atoms with E-state index in [4.69, 9.17) is 11.6 Å². The van der Waals surface area contributed by atoms with Gasteiger partial charge in [-0.25, -0.2) is 4.98 Å². The molecule has 1 N–H and O–H groups in total. The number of thioether (sulfide) groups is 1. The van der Waals surface area contributed by atoms with E-state index in [0.717, 1.165) is 49.1 Å². The third kappa shape index (κ3) is 5.13. The second-order valence-corrected chi connectivity index (χ2v) is 7.52. The molecule has 2 aromatic rings. The van der Waals surface area contributed by atoms with Gasteiger partial charge in [-0.15, -0.1) is 0 Å². The first-order valence-electron chi connectivity index (χ1n) is 8.76. The first-order valence-corrected chi connectivity index (χ1v) is 10.1. The largest absolute Gasteiger partial charge is 0.367 e. The number of aromatic nitrogens is 1. The molecule has 26 heavy (non-hydrogen) atoms. The van der Waals surface area contributed by atoms with Crippen molar-refractivity contribution in [2.24, 2.45) is 0 Å². The highest BCUT2D eigenvalue weighted by atomic mass is 35.5. The molecular weight excluding hydrogens is 368 g/mol. The van der Waals surface area contributed by atoms with Crippen LogP contribution in [0.25, 0.3) is 0 Å². The summed E-state index contributed by atoms with van der Waals surface area (Å²) in [6.45, 7) is 7.21. The monoisotopic (exact) mass is 390 g/mol. The molecule has 1 amide bonds. The summed E-state index contributed by atoms with van der Waals surface area (Å²) in [5, 5.41) is 4.47. The lowest BCUT2D eigenvalue weighted by molar-refractivity contribution is -0.113. The first kappa shape index (κ1) is 19.0. The maximum absolute atomic E-state index is 12.4. The van der Waals surface area contributed by atoms with Crippen LogP contribution in [0.15, 0.2) is 47.6 Å². The number of hydrogen-bond acceptors (Lipinski definition) is 5. The van der Waals surface area contributed by atoms with Crippen LogP contribution < -0.4 is 10.2 Å². The number of nitrogens with zero attached hydrogens (tertiary/aromatic N) is 3. The van der Waals surface area contributed by atoms with Crippen molar-refractivity contribution >= 4 is 40.6 Å². The number of carbonyl (C=O) groups is 1. The summed E-state index contributed by atoms with van der Waals surface area (Å²) >= 11 is 7.58. The molecule has 1 aliphatic heterocycles. The van der Waals surface area contributed by atoms with Crippen LogP contribution in [-0.4, -0.2) is 54.3 Å². The Balaban J connectivity index is 1.65. The number of carbonyl (C=O) groups excluding carboxylic acids is 1. The zero-order valence-electron chi connectivity index (χ0n) is 14.8. The van der Waals surface area contributed by atoms with Crippen molar-refractivity contribution in [1.82, 2.24) is 9.88 Å². The minimum atomic E-state index is -0.0589.